The normalized spacial score (nSPS) is 11.8. The van der Waals surface area contributed by atoms with Crippen molar-refractivity contribution in [2.45, 2.75) is 33.7 Å². The highest BCUT2D eigenvalue weighted by Crippen LogP contribution is 2.28. The second-order valence-electron chi connectivity index (χ2n) is 5.26. The first-order valence-corrected chi connectivity index (χ1v) is 6.55. The average molecular weight is 264 g/mol. The molecule has 0 aliphatic rings. The zero-order valence-corrected chi connectivity index (χ0v) is 11.8. The van der Waals surface area contributed by atoms with E-state index in [1.165, 1.54) is 0 Å². The lowest BCUT2D eigenvalue weighted by Crippen LogP contribution is -2.19. The number of hydrogen-bond acceptors (Lipinski definition) is 2. The van der Waals surface area contributed by atoms with E-state index in [4.69, 9.17) is 11.6 Å². The van der Waals surface area contributed by atoms with Crippen LogP contribution < -0.4 is 0 Å². The lowest BCUT2D eigenvalue weighted by atomic mass is 9.90. The van der Waals surface area contributed by atoms with E-state index < -0.39 is 0 Å². The molecule has 0 saturated carbocycles. The van der Waals surface area contributed by atoms with Gasteiger partial charge in [-0.1, -0.05) is 51.1 Å². The zero-order chi connectivity index (χ0) is 13.2. The first-order chi connectivity index (χ1) is 8.53. The smallest absolute Gasteiger partial charge is 0.225 e. The van der Waals surface area contributed by atoms with Crippen molar-refractivity contribution in [2.24, 2.45) is 5.41 Å². The molecule has 0 aliphatic heterocycles. The molecule has 0 saturated heterocycles. The van der Waals surface area contributed by atoms with E-state index in [0.29, 0.717) is 5.28 Å². The molecule has 0 bridgehead atoms. The van der Waals surface area contributed by atoms with Gasteiger partial charge in [-0.3, -0.25) is 4.57 Å². The summed E-state index contributed by atoms with van der Waals surface area (Å²) in [4.78, 5) is 0. The predicted octanol–water partition coefficient (Wildman–Crippen LogP) is 4.03. The van der Waals surface area contributed by atoms with Crippen LogP contribution >= 0.6 is 11.6 Å². The third-order valence-electron chi connectivity index (χ3n) is 3.28. The van der Waals surface area contributed by atoms with Gasteiger partial charge in [-0.25, -0.2) is 0 Å². The summed E-state index contributed by atoms with van der Waals surface area (Å²) >= 11 is 6.15. The molecule has 0 atom stereocenters. The number of nitrogens with zero attached hydrogens (tertiary/aromatic N) is 3. The van der Waals surface area contributed by atoms with Crippen molar-refractivity contribution in [3.8, 4) is 11.4 Å². The molecule has 4 heteroatoms. The van der Waals surface area contributed by atoms with Gasteiger partial charge < -0.3 is 0 Å². The molecule has 1 aromatic carbocycles. The minimum absolute atomic E-state index is 0.176. The summed E-state index contributed by atoms with van der Waals surface area (Å²) in [5.74, 6) is 0.835. The molecule has 2 rings (SSSR count). The monoisotopic (exact) mass is 263 g/mol. The maximum absolute atomic E-state index is 6.15. The molecule has 96 valence electrons. The van der Waals surface area contributed by atoms with Crippen molar-refractivity contribution in [1.82, 2.24) is 14.8 Å². The highest BCUT2D eigenvalue weighted by molar-refractivity contribution is 6.28. The van der Waals surface area contributed by atoms with Crippen LogP contribution in [0.4, 0.5) is 0 Å². The van der Waals surface area contributed by atoms with Gasteiger partial charge in [-0.2, -0.15) is 0 Å². The van der Waals surface area contributed by atoms with Crippen molar-refractivity contribution in [2.75, 3.05) is 0 Å². The van der Waals surface area contributed by atoms with Gasteiger partial charge in [-0.05, 0) is 23.4 Å². The average Bonchev–Trinajstić information content (AvgIpc) is 2.72. The van der Waals surface area contributed by atoms with Gasteiger partial charge in [0.1, 0.15) is 0 Å². The number of benzene rings is 1. The topological polar surface area (TPSA) is 30.7 Å². The Morgan fingerprint density at radius 1 is 1.17 bits per heavy atom. The first-order valence-electron chi connectivity index (χ1n) is 6.17. The summed E-state index contributed by atoms with van der Waals surface area (Å²) in [6.45, 7) is 7.44. The van der Waals surface area contributed by atoms with Gasteiger partial charge >= 0.3 is 0 Å². The maximum atomic E-state index is 6.15. The van der Waals surface area contributed by atoms with Crippen molar-refractivity contribution in [3.05, 3.63) is 35.6 Å². The van der Waals surface area contributed by atoms with Crippen molar-refractivity contribution in [3.63, 3.8) is 0 Å². The van der Waals surface area contributed by atoms with Crippen LogP contribution in [-0.4, -0.2) is 14.8 Å². The van der Waals surface area contributed by atoms with Gasteiger partial charge in [0.25, 0.3) is 0 Å². The molecule has 0 radical (unpaired) electrons. The van der Waals surface area contributed by atoms with Crippen LogP contribution in [0.3, 0.4) is 0 Å². The Balaban J connectivity index is 2.40. The van der Waals surface area contributed by atoms with Crippen LogP contribution in [0.15, 0.2) is 30.3 Å². The standard InChI is InChI=1S/C14H18ClN3/c1-4-14(2,3)10-18-12(16-17-13(18)15)11-8-6-5-7-9-11/h5-9H,4,10H2,1-3H3. The lowest BCUT2D eigenvalue weighted by Gasteiger charge is -2.24. The summed E-state index contributed by atoms with van der Waals surface area (Å²) in [7, 11) is 0. The predicted molar refractivity (Wildman–Crippen MR) is 74.5 cm³/mol. The molecular weight excluding hydrogens is 246 g/mol. The summed E-state index contributed by atoms with van der Waals surface area (Å²) in [5, 5.41) is 8.63. The molecule has 1 heterocycles. The summed E-state index contributed by atoms with van der Waals surface area (Å²) in [6.07, 6.45) is 1.08. The van der Waals surface area contributed by atoms with E-state index in [0.717, 1.165) is 24.4 Å². The molecule has 3 nitrogen and oxygen atoms in total. The van der Waals surface area contributed by atoms with Gasteiger partial charge in [-0.15, -0.1) is 10.2 Å². The maximum Gasteiger partial charge on any atom is 0.225 e. The second-order valence-corrected chi connectivity index (χ2v) is 5.60. The fraction of sp³-hybridized carbons (Fsp3) is 0.429. The molecule has 2 aromatic rings. The zero-order valence-electron chi connectivity index (χ0n) is 11.0. The van der Waals surface area contributed by atoms with Crippen LogP contribution in [0.5, 0.6) is 0 Å². The molecule has 0 aliphatic carbocycles. The van der Waals surface area contributed by atoms with Crippen LogP contribution in [0.1, 0.15) is 27.2 Å². The molecule has 0 amide bonds. The minimum atomic E-state index is 0.176. The number of halogens is 1. The largest absolute Gasteiger partial charge is 0.297 e. The van der Waals surface area contributed by atoms with Crippen molar-refractivity contribution < 1.29 is 0 Å². The summed E-state index contributed by atoms with van der Waals surface area (Å²) < 4.78 is 1.99. The van der Waals surface area contributed by atoms with Crippen molar-refractivity contribution >= 4 is 11.6 Å². The molecular formula is C14H18ClN3. The molecule has 0 spiro atoms. The Hall–Kier alpha value is -1.35. The minimum Gasteiger partial charge on any atom is -0.297 e. The molecule has 1 aromatic heterocycles. The van der Waals surface area contributed by atoms with Gasteiger partial charge in [0, 0.05) is 12.1 Å². The highest BCUT2D eigenvalue weighted by Gasteiger charge is 2.21. The van der Waals surface area contributed by atoms with Crippen LogP contribution in [-0.2, 0) is 6.54 Å². The number of hydrogen-bond donors (Lipinski definition) is 0. The fourth-order valence-corrected chi connectivity index (χ4v) is 1.94. The highest BCUT2D eigenvalue weighted by atomic mass is 35.5. The summed E-state index contributed by atoms with van der Waals surface area (Å²) in [5.41, 5.74) is 1.22. The van der Waals surface area contributed by atoms with Gasteiger partial charge in [0.2, 0.25) is 5.28 Å². The quantitative estimate of drug-likeness (QED) is 0.834. The SMILES string of the molecule is CCC(C)(C)Cn1c(Cl)nnc1-c1ccccc1. The third kappa shape index (κ3) is 2.72. The first kappa shape index (κ1) is 13.1. The van der Waals surface area contributed by atoms with E-state index in [9.17, 15) is 0 Å². The molecule has 0 fully saturated rings. The Labute approximate surface area is 113 Å². The number of rotatable bonds is 4. The van der Waals surface area contributed by atoms with E-state index in [1.54, 1.807) is 0 Å². The Bertz CT molecular complexity index is 517. The fourth-order valence-electron chi connectivity index (χ4n) is 1.76. The van der Waals surface area contributed by atoms with Crippen LogP contribution in [0.25, 0.3) is 11.4 Å². The van der Waals surface area contributed by atoms with Gasteiger partial charge in [0.05, 0.1) is 0 Å². The molecule has 18 heavy (non-hydrogen) atoms. The Morgan fingerprint density at radius 2 is 1.83 bits per heavy atom. The van der Waals surface area contributed by atoms with E-state index in [2.05, 4.69) is 31.0 Å². The van der Waals surface area contributed by atoms with Crippen LogP contribution in [0, 0.1) is 5.41 Å². The summed E-state index contributed by atoms with van der Waals surface area (Å²) in [6, 6.07) is 10.0. The third-order valence-corrected chi connectivity index (χ3v) is 3.56. The Kier molecular flexibility index (Phi) is 3.71. The molecule has 0 N–H and O–H groups in total. The number of aromatic nitrogens is 3. The van der Waals surface area contributed by atoms with E-state index >= 15 is 0 Å². The Morgan fingerprint density at radius 3 is 2.44 bits per heavy atom. The van der Waals surface area contributed by atoms with Crippen molar-refractivity contribution in [1.29, 1.82) is 0 Å². The van der Waals surface area contributed by atoms with E-state index in [1.807, 2.05) is 34.9 Å². The van der Waals surface area contributed by atoms with E-state index in [-0.39, 0.29) is 5.41 Å². The lowest BCUT2D eigenvalue weighted by molar-refractivity contribution is 0.296. The van der Waals surface area contributed by atoms with Crippen LogP contribution in [0.2, 0.25) is 5.28 Å². The molecule has 0 unspecified atom stereocenters. The van der Waals surface area contributed by atoms with Gasteiger partial charge in [0.15, 0.2) is 5.82 Å². The second kappa shape index (κ2) is 5.11.